The van der Waals surface area contributed by atoms with Crippen LogP contribution in [0, 0.1) is 0 Å². The third-order valence-corrected chi connectivity index (χ3v) is 9.68. The van der Waals surface area contributed by atoms with E-state index in [9.17, 15) is 22.8 Å². The van der Waals surface area contributed by atoms with Gasteiger partial charge in [-0.1, -0.05) is 84.6 Å². The van der Waals surface area contributed by atoms with Crippen LogP contribution in [0.4, 0.5) is 0 Å². The Morgan fingerprint density at radius 3 is 2.26 bits per heavy atom. The Morgan fingerprint density at radius 2 is 1.64 bits per heavy atom. The third-order valence-electron chi connectivity index (χ3n) is 6.73. The largest absolute Gasteiger partial charge is 0.449 e. The van der Waals surface area contributed by atoms with Crippen LogP contribution in [-0.2, 0) is 33.4 Å². The molecule has 3 atom stereocenters. The van der Waals surface area contributed by atoms with Gasteiger partial charge in [0, 0.05) is 13.1 Å². The quantitative estimate of drug-likeness (QED) is 0.286. The Morgan fingerprint density at radius 1 is 1.00 bits per heavy atom. The minimum atomic E-state index is -4.56. The molecule has 3 aliphatic heterocycles. The highest BCUT2D eigenvalue weighted by Crippen LogP contribution is 2.55. The van der Waals surface area contributed by atoms with Crippen molar-refractivity contribution in [3.05, 3.63) is 114 Å². The van der Waals surface area contributed by atoms with E-state index in [1.54, 1.807) is 54.6 Å². The van der Waals surface area contributed by atoms with Crippen LogP contribution in [0.2, 0.25) is 0 Å². The van der Waals surface area contributed by atoms with Crippen molar-refractivity contribution in [1.29, 1.82) is 0 Å². The highest BCUT2D eigenvalue weighted by atomic mass is 32.2. The second kappa shape index (κ2) is 9.37. The Bertz CT molecular complexity index is 1590. The molecule has 0 aromatic heterocycles. The zero-order chi connectivity index (χ0) is 27.4. The topological polar surface area (TPSA) is 119 Å². The summed E-state index contributed by atoms with van der Waals surface area (Å²) in [6, 6.07) is 23.9. The molecule has 11 heteroatoms. The molecule has 6 rings (SSSR count). The SMILES string of the molecule is CC(=O)NC1=CN2C(=O)C3c4cccc(c4)S(=O)(=O)OC1(C(=O)OC(c1ccccc1)c1ccccc1)S[C@H]32. The van der Waals surface area contributed by atoms with E-state index in [2.05, 4.69) is 5.32 Å². The van der Waals surface area contributed by atoms with Gasteiger partial charge in [-0.25, -0.2) is 8.98 Å². The fourth-order valence-corrected chi connectivity index (χ4v) is 7.83. The molecule has 39 heavy (non-hydrogen) atoms. The molecule has 3 aromatic rings. The predicted octanol–water partition coefficient (Wildman–Crippen LogP) is 3.41. The molecule has 3 aromatic carbocycles. The Balaban J connectivity index is 1.51. The van der Waals surface area contributed by atoms with E-state index in [1.807, 2.05) is 12.1 Å². The lowest BCUT2D eigenvalue weighted by Gasteiger charge is -2.51. The van der Waals surface area contributed by atoms with Crippen molar-refractivity contribution in [3.8, 4) is 0 Å². The molecule has 0 radical (unpaired) electrons. The number of nitrogens with one attached hydrogen (secondary N) is 1. The number of thioether (sulfide) groups is 1. The average Bonchev–Trinajstić information content (AvgIpc) is 2.94. The van der Waals surface area contributed by atoms with Gasteiger partial charge in [0.25, 0.3) is 15.1 Å². The number of amides is 2. The number of β-lactam (4-membered cyclic amide) rings is 1. The zero-order valence-corrected chi connectivity index (χ0v) is 22.1. The summed E-state index contributed by atoms with van der Waals surface area (Å²) >= 11 is 0.816. The standard InChI is InChI=1S/C28H22N2O7S2/c1-17(31)29-22-16-30-25(32)23-20-13-8-14-21(15-20)39(34,35)37-28(22,38-26(23)30)27(33)36-24(18-9-4-2-5-10-18)19-11-6-3-7-12-19/h2-16,23-24,26H,1H3,(H,29,31)/t23?,26-,28?/m1/s1. The average molecular weight is 563 g/mol. The summed E-state index contributed by atoms with van der Waals surface area (Å²) in [6.07, 6.45) is 0.358. The van der Waals surface area contributed by atoms with Crippen molar-refractivity contribution in [2.24, 2.45) is 0 Å². The normalized spacial score (nSPS) is 24.4. The van der Waals surface area contributed by atoms with Gasteiger partial charge >= 0.3 is 5.97 Å². The number of ether oxygens (including phenoxy) is 1. The molecule has 4 bridgehead atoms. The van der Waals surface area contributed by atoms with Crippen LogP contribution >= 0.6 is 11.8 Å². The third kappa shape index (κ3) is 4.22. The smallest absolute Gasteiger partial charge is 0.358 e. The molecule has 0 saturated carbocycles. The summed E-state index contributed by atoms with van der Waals surface area (Å²) in [5.74, 6) is -2.63. The lowest BCUT2D eigenvalue weighted by atomic mass is 9.90. The summed E-state index contributed by atoms with van der Waals surface area (Å²) < 4.78 is 38.9. The number of hydrogen-bond acceptors (Lipinski definition) is 8. The predicted molar refractivity (Wildman–Crippen MR) is 141 cm³/mol. The van der Waals surface area contributed by atoms with Crippen LogP contribution in [0.15, 0.2) is 102 Å². The van der Waals surface area contributed by atoms with Crippen LogP contribution in [0.3, 0.4) is 0 Å². The van der Waals surface area contributed by atoms with Crippen molar-refractivity contribution in [3.63, 3.8) is 0 Å². The molecule has 0 aliphatic carbocycles. The first-order valence-corrected chi connectivity index (χ1v) is 14.3. The van der Waals surface area contributed by atoms with E-state index in [-0.39, 0.29) is 16.5 Å². The first kappa shape index (κ1) is 25.4. The number of benzene rings is 3. The van der Waals surface area contributed by atoms with Gasteiger partial charge < -0.3 is 15.0 Å². The first-order valence-electron chi connectivity index (χ1n) is 12.1. The summed E-state index contributed by atoms with van der Waals surface area (Å²) in [6.45, 7) is 1.21. The Labute approximate surface area is 228 Å². The van der Waals surface area contributed by atoms with Gasteiger partial charge in [-0.15, -0.1) is 0 Å². The number of hydrogen-bond donors (Lipinski definition) is 1. The lowest BCUT2D eigenvalue weighted by molar-refractivity contribution is -0.157. The first-order chi connectivity index (χ1) is 18.7. The van der Waals surface area contributed by atoms with Gasteiger partial charge in [0.05, 0.1) is 16.5 Å². The number of esters is 1. The van der Waals surface area contributed by atoms with Crippen LogP contribution in [-0.4, -0.2) is 41.4 Å². The molecule has 2 unspecified atom stereocenters. The molecule has 1 N–H and O–H groups in total. The fourth-order valence-electron chi connectivity index (χ4n) is 4.91. The summed E-state index contributed by atoms with van der Waals surface area (Å²) in [5, 5.41) is 1.85. The van der Waals surface area contributed by atoms with Crippen molar-refractivity contribution in [1.82, 2.24) is 10.2 Å². The Kier molecular flexibility index (Phi) is 6.09. The van der Waals surface area contributed by atoms with E-state index in [1.165, 1.54) is 36.2 Å². The van der Waals surface area contributed by atoms with Crippen LogP contribution in [0.1, 0.15) is 35.6 Å². The number of rotatable bonds is 5. The van der Waals surface area contributed by atoms with Gasteiger partial charge in [0.15, 0.2) is 6.10 Å². The van der Waals surface area contributed by atoms with Gasteiger partial charge in [0.2, 0.25) is 11.8 Å². The molecular weight excluding hydrogens is 540 g/mol. The fraction of sp³-hybridized carbons (Fsp3) is 0.179. The van der Waals surface area contributed by atoms with Gasteiger partial charge in [-0.2, -0.15) is 8.42 Å². The van der Waals surface area contributed by atoms with E-state index >= 15 is 0 Å². The lowest BCUT2D eigenvalue weighted by Crippen LogP contribution is -2.63. The van der Waals surface area contributed by atoms with Crippen molar-refractivity contribution in [2.75, 3.05) is 0 Å². The molecule has 198 valence electrons. The van der Waals surface area contributed by atoms with Gasteiger partial charge in [-0.05, 0) is 28.8 Å². The Hall–Kier alpha value is -3.93. The summed E-state index contributed by atoms with van der Waals surface area (Å²) in [7, 11) is -4.56. The molecule has 1 saturated heterocycles. The summed E-state index contributed by atoms with van der Waals surface area (Å²) in [4.78, 5) is 38.4. The van der Waals surface area contributed by atoms with Crippen molar-refractivity contribution >= 4 is 39.7 Å². The second-order valence-electron chi connectivity index (χ2n) is 9.29. The van der Waals surface area contributed by atoms with Crippen LogP contribution in [0.25, 0.3) is 0 Å². The molecule has 9 nitrogen and oxygen atoms in total. The molecule has 3 aliphatic rings. The van der Waals surface area contributed by atoms with Gasteiger partial charge in [0.1, 0.15) is 5.37 Å². The molecular formula is C28H22N2O7S2. The van der Waals surface area contributed by atoms with Crippen molar-refractivity contribution < 1.29 is 31.7 Å². The van der Waals surface area contributed by atoms with E-state index < -0.39 is 44.3 Å². The maximum absolute atomic E-state index is 14.3. The zero-order valence-electron chi connectivity index (χ0n) is 20.5. The highest BCUT2D eigenvalue weighted by molar-refractivity contribution is 8.02. The van der Waals surface area contributed by atoms with Crippen LogP contribution < -0.4 is 5.32 Å². The van der Waals surface area contributed by atoms with Crippen LogP contribution in [0.5, 0.6) is 0 Å². The van der Waals surface area contributed by atoms with Crippen molar-refractivity contribution in [2.45, 2.75) is 34.1 Å². The molecule has 1 fully saturated rings. The van der Waals surface area contributed by atoms with E-state index in [0.29, 0.717) is 16.7 Å². The minimum absolute atomic E-state index is 0.212. The summed E-state index contributed by atoms with van der Waals surface area (Å²) in [5.41, 5.74) is 1.57. The number of carbonyl (C=O) groups is 3. The number of fused-ring (bicyclic) bond motifs is 4. The molecule has 3 heterocycles. The molecule has 2 amide bonds. The number of carbonyl (C=O) groups excluding carboxylic acids is 3. The second-order valence-corrected chi connectivity index (χ2v) is 12.1. The minimum Gasteiger partial charge on any atom is -0.449 e. The number of nitrogens with zero attached hydrogens (tertiary/aromatic N) is 1. The van der Waals surface area contributed by atoms with E-state index in [4.69, 9.17) is 8.92 Å². The van der Waals surface area contributed by atoms with E-state index in [0.717, 1.165) is 11.8 Å². The highest BCUT2D eigenvalue weighted by Gasteiger charge is 2.63. The monoisotopic (exact) mass is 562 g/mol. The molecule has 0 spiro atoms. The maximum Gasteiger partial charge on any atom is 0.358 e. The maximum atomic E-state index is 14.3. The van der Waals surface area contributed by atoms with Gasteiger partial charge in [-0.3, -0.25) is 9.59 Å².